The maximum atomic E-state index is 2.64. The molecule has 0 aliphatic heterocycles. The molecule has 27 heavy (non-hydrogen) atoms. The second-order valence-corrected chi connectivity index (χ2v) is 10.6. The van der Waals surface area contributed by atoms with Gasteiger partial charge >= 0.3 is 0 Å². The highest BCUT2D eigenvalue weighted by Gasteiger charge is 2.41. The topological polar surface area (TPSA) is 0 Å². The Morgan fingerprint density at radius 2 is 1.30 bits per heavy atom. The third-order valence-corrected chi connectivity index (χ3v) is 9.29. The van der Waals surface area contributed by atoms with E-state index in [1.165, 1.54) is 57.8 Å². The molecule has 0 aromatic heterocycles. The van der Waals surface area contributed by atoms with Crippen molar-refractivity contribution in [3.05, 3.63) is 35.9 Å². The lowest BCUT2D eigenvalue weighted by Gasteiger charge is -2.47. The summed E-state index contributed by atoms with van der Waals surface area (Å²) in [6.07, 6.45) is 19.5. The van der Waals surface area contributed by atoms with Crippen molar-refractivity contribution in [2.75, 3.05) is 0 Å². The molecule has 0 unspecified atom stereocenters. The van der Waals surface area contributed by atoms with Gasteiger partial charge in [-0.2, -0.15) is 0 Å². The minimum absolute atomic E-state index is 0.635. The van der Waals surface area contributed by atoms with Crippen LogP contribution in [0.15, 0.2) is 30.3 Å². The van der Waals surface area contributed by atoms with E-state index in [2.05, 4.69) is 44.2 Å². The van der Waals surface area contributed by atoms with Gasteiger partial charge in [-0.25, -0.2) is 0 Å². The molecule has 0 saturated heterocycles. The standard InChI is InChI=1S/C27H42/c1-3-21-9-11-23(12-10-21)24-13-15-26(16-14-24)27(2)19-17-25(18-20-27)22-7-5-4-6-8-22/h4-8,21,23-26H,3,9-20H2,1-2H3. The monoisotopic (exact) mass is 366 g/mol. The molecule has 3 aliphatic carbocycles. The molecule has 0 bridgehead atoms. The summed E-state index contributed by atoms with van der Waals surface area (Å²) in [6.45, 7) is 5.04. The Kier molecular flexibility index (Phi) is 6.30. The van der Waals surface area contributed by atoms with E-state index in [0.717, 1.165) is 29.6 Å². The highest BCUT2D eigenvalue weighted by atomic mass is 14.5. The van der Waals surface area contributed by atoms with Gasteiger partial charge in [0.2, 0.25) is 0 Å². The largest absolute Gasteiger partial charge is 0.0651 e. The van der Waals surface area contributed by atoms with Crippen LogP contribution in [-0.2, 0) is 0 Å². The minimum atomic E-state index is 0.635. The zero-order chi connectivity index (χ0) is 18.7. The lowest BCUT2D eigenvalue weighted by molar-refractivity contribution is 0.0490. The molecule has 0 nitrogen and oxygen atoms in total. The first-order valence-corrected chi connectivity index (χ1v) is 12.2. The van der Waals surface area contributed by atoms with Gasteiger partial charge in [-0.05, 0) is 105 Å². The Morgan fingerprint density at radius 3 is 1.85 bits per heavy atom. The Hall–Kier alpha value is -0.780. The summed E-state index contributed by atoms with van der Waals surface area (Å²) in [5, 5.41) is 0. The number of hydrogen-bond acceptors (Lipinski definition) is 0. The average molecular weight is 367 g/mol. The molecule has 0 N–H and O–H groups in total. The Balaban J connectivity index is 1.26. The zero-order valence-corrected chi connectivity index (χ0v) is 18.0. The van der Waals surface area contributed by atoms with Crippen LogP contribution in [0.4, 0.5) is 0 Å². The quantitative estimate of drug-likeness (QED) is 0.502. The molecule has 0 heterocycles. The van der Waals surface area contributed by atoms with Gasteiger partial charge in [0, 0.05) is 0 Å². The molecule has 3 fully saturated rings. The van der Waals surface area contributed by atoms with Gasteiger partial charge in [0.05, 0.1) is 0 Å². The van der Waals surface area contributed by atoms with Crippen LogP contribution in [0.1, 0.15) is 109 Å². The summed E-state index contributed by atoms with van der Waals surface area (Å²) >= 11 is 0. The second-order valence-electron chi connectivity index (χ2n) is 10.6. The summed E-state index contributed by atoms with van der Waals surface area (Å²) in [5.74, 6) is 5.04. The maximum Gasteiger partial charge on any atom is -0.0162 e. The number of rotatable bonds is 4. The van der Waals surface area contributed by atoms with Gasteiger partial charge < -0.3 is 0 Å². The molecule has 3 saturated carbocycles. The molecule has 0 atom stereocenters. The third kappa shape index (κ3) is 4.46. The molecular formula is C27H42. The van der Waals surface area contributed by atoms with Crippen LogP contribution in [-0.4, -0.2) is 0 Å². The first-order chi connectivity index (χ1) is 13.2. The van der Waals surface area contributed by atoms with Crippen LogP contribution >= 0.6 is 0 Å². The van der Waals surface area contributed by atoms with Crippen molar-refractivity contribution in [1.29, 1.82) is 0 Å². The SMILES string of the molecule is CCC1CCC(C2CCC(C3(C)CCC(c4ccccc4)CC3)CC2)CC1. The predicted octanol–water partition coefficient (Wildman–Crippen LogP) is 8.37. The fourth-order valence-corrected chi connectivity index (χ4v) is 7.10. The number of hydrogen-bond donors (Lipinski definition) is 0. The van der Waals surface area contributed by atoms with E-state index in [1.807, 2.05) is 0 Å². The minimum Gasteiger partial charge on any atom is -0.0651 e. The molecule has 4 rings (SSSR count). The molecule has 3 aliphatic rings. The molecular weight excluding hydrogens is 324 g/mol. The summed E-state index contributed by atoms with van der Waals surface area (Å²) in [5.41, 5.74) is 2.22. The van der Waals surface area contributed by atoms with Gasteiger partial charge in [-0.3, -0.25) is 0 Å². The van der Waals surface area contributed by atoms with E-state index in [-0.39, 0.29) is 0 Å². The first kappa shape index (κ1) is 19.5. The van der Waals surface area contributed by atoms with Crippen molar-refractivity contribution < 1.29 is 0 Å². The van der Waals surface area contributed by atoms with E-state index in [9.17, 15) is 0 Å². The maximum absolute atomic E-state index is 2.64. The Labute approximate surface area is 168 Å². The predicted molar refractivity (Wildman–Crippen MR) is 117 cm³/mol. The normalized spacial score (nSPS) is 40.6. The van der Waals surface area contributed by atoms with Crippen molar-refractivity contribution in [2.24, 2.45) is 29.1 Å². The van der Waals surface area contributed by atoms with Gasteiger partial charge in [-0.1, -0.05) is 63.4 Å². The zero-order valence-electron chi connectivity index (χ0n) is 18.0. The van der Waals surface area contributed by atoms with Crippen LogP contribution in [0, 0.1) is 29.1 Å². The van der Waals surface area contributed by atoms with E-state index in [0.29, 0.717) is 5.41 Å². The first-order valence-electron chi connectivity index (χ1n) is 12.2. The second kappa shape index (κ2) is 8.71. The van der Waals surface area contributed by atoms with Crippen molar-refractivity contribution in [3.63, 3.8) is 0 Å². The Bertz CT molecular complexity index is 549. The van der Waals surface area contributed by atoms with Crippen LogP contribution in [0.2, 0.25) is 0 Å². The van der Waals surface area contributed by atoms with Gasteiger partial charge in [0.15, 0.2) is 0 Å². The van der Waals surface area contributed by atoms with Gasteiger partial charge in [0.1, 0.15) is 0 Å². The summed E-state index contributed by atoms with van der Waals surface area (Å²) < 4.78 is 0. The fourth-order valence-electron chi connectivity index (χ4n) is 7.10. The fraction of sp³-hybridized carbons (Fsp3) is 0.778. The van der Waals surface area contributed by atoms with Gasteiger partial charge in [-0.15, -0.1) is 0 Å². The Morgan fingerprint density at radius 1 is 0.741 bits per heavy atom. The van der Waals surface area contributed by atoms with Crippen LogP contribution in [0.25, 0.3) is 0 Å². The average Bonchev–Trinajstić information content (AvgIpc) is 2.75. The van der Waals surface area contributed by atoms with E-state index in [1.54, 1.807) is 31.2 Å². The van der Waals surface area contributed by atoms with Crippen molar-refractivity contribution in [1.82, 2.24) is 0 Å². The molecule has 1 aromatic carbocycles. The molecule has 0 amide bonds. The summed E-state index contributed by atoms with van der Waals surface area (Å²) in [6, 6.07) is 11.3. The molecule has 0 heteroatoms. The van der Waals surface area contributed by atoms with E-state index >= 15 is 0 Å². The lowest BCUT2D eigenvalue weighted by Crippen LogP contribution is -2.36. The molecule has 1 aromatic rings. The molecule has 0 radical (unpaired) electrons. The van der Waals surface area contributed by atoms with Crippen molar-refractivity contribution in [3.8, 4) is 0 Å². The van der Waals surface area contributed by atoms with Crippen LogP contribution < -0.4 is 0 Å². The van der Waals surface area contributed by atoms with Crippen LogP contribution in [0.3, 0.4) is 0 Å². The van der Waals surface area contributed by atoms with Crippen LogP contribution in [0.5, 0.6) is 0 Å². The summed E-state index contributed by atoms with van der Waals surface area (Å²) in [4.78, 5) is 0. The van der Waals surface area contributed by atoms with E-state index < -0.39 is 0 Å². The van der Waals surface area contributed by atoms with E-state index in [4.69, 9.17) is 0 Å². The highest BCUT2D eigenvalue weighted by molar-refractivity contribution is 5.20. The number of benzene rings is 1. The smallest absolute Gasteiger partial charge is 0.0162 e. The van der Waals surface area contributed by atoms with Crippen molar-refractivity contribution >= 4 is 0 Å². The lowest BCUT2D eigenvalue weighted by atomic mass is 9.58. The molecule has 0 spiro atoms. The highest BCUT2D eigenvalue weighted by Crippen LogP contribution is 2.53. The summed E-state index contributed by atoms with van der Waals surface area (Å²) in [7, 11) is 0. The third-order valence-electron chi connectivity index (χ3n) is 9.29. The van der Waals surface area contributed by atoms with Gasteiger partial charge in [0.25, 0.3) is 0 Å². The van der Waals surface area contributed by atoms with Crippen molar-refractivity contribution in [2.45, 2.75) is 103 Å². The molecule has 150 valence electrons.